The Balaban J connectivity index is 2.65. The van der Waals surface area contributed by atoms with Gasteiger partial charge in [-0.2, -0.15) is 0 Å². The van der Waals surface area contributed by atoms with Crippen LogP contribution < -0.4 is 5.73 Å². The molecule has 1 aromatic carbocycles. The topological polar surface area (TPSA) is 69.1 Å². The fourth-order valence-electron chi connectivity index (χ4n) is 1.53. The minimum Gasteiger partial charge on any atom is -0.365 e. The molecule has 1 amide bonds. The zero-order chi connectivity index (χ0) is 12.6. The van der Waals surface area contributed by atoms with Crippen molar-refractivity contribution in [1.29, 1.82) is 0 Å². The highest BCUT2D eigenvalue weighted by molar-refractivity contribution is 6.36. The summed E-state index contributed by atoms with van der Waals surface area (Å²) < 4.78 is 4.95. The van der Waals surface area contributed by atoms with E-state index >= 15 is 0 Å². The number of hydrogen-bond acceptors (Lipinski definition) is 3. The van der Waals surface area contributed by atoms with E-state index < -0.39 is 5.91 Å². The van der Waals surface area contributed by atoms with Crippen LogP contribution in [-0.4, -0.2) is 11.1 Å². The van der Waals surface area contributed by atoms with Crippen LogP contribution in [-0.2, 0) is 0 Å². The van der Waals surface area contributed by atoms with Gasteiger partial charge in [0.05, 0.1) is 5.02 Å². The second kappa shape index (κ2) is 4.39. The van der Waals surface area contributed by atoms with Gasteiger partial charge in [-0.3, -0.25) is 4.79 Å². The average molecular weight is 271 g/mol. The molecule has 0 aliphatic carbocycles. The molecule has 1 aromatic heterocycles. The first-order valence-electron chi connectivity index (χ1n) is 4.72. The lowest BCUT2D eigenvalue weighted by Crippen LogP contribution is -2.12. The zero-order valence-electron chi connectivity index (χ0n) is 8.83. The summed E-state index contributed by atoms with van der Waals surface area (Å²) in [5.41, 5.74) is 6.39. The number of primary amides is 1. The Morgan fingerprint density at radius 1 is 1.41 bits per heavy atom. The second-order valence-electron chi connectivity index (χ2n) is 3.45. The van der Waals surface area contributed by atoms with Crippen molar-refractivity contribution in [3.63, 3.8) is 0 Å². The molecule has 0 saturated carbocycles. The number of rotatable bonds is 2. The van der Waals surface area contributed by atoms with E-state index in [1.807, 2.05) is 0 Å². The van der Waals surface area contributed by atoms with Crippen LogP contribution in [0.4, 0.5) is 0 Å². The summed E-state index contributed by atoms with van der Waals surface area (Å²) in [6.07, 6.45) is 0. The third-order valence-corrected chi connectivity index (χ3v) is 2.84. The highest BCUT2D eigenvalue weighted by atomic mass is 35.5. The van der Waals surface area contributed by atoms with Gasteiger partial charge in [0.25, 0.3) is 5.91 Å². The van der Waals surface area contributed by atoms with Gasteiger partial charge < -0.3 is 10.3 Å². The van der Waals surface area contributed by atoms with Crippen molar-refractivity contribution in [2.45, 2.75) is 6.92 Å². The Hall–Kier alpha value is -1.52. The molecule has 2 rings (SSSR count). The van der Waals surface area contributed by atoms with Gasteiger partial charge in [0, 0.05) is 10.6 Å². The van der Waals surface area contributed by atoms with E-state index in [9.17, 15) is 4.79 Å². The number of benzene rings is 1. The van der Waals surface area contributed by atoms with Crippen molar-refractivity contribution >= 4 is 29.1 Å². The summed E-state index contributed by atoms with van der Waals surface area (Å²) in [6.45, 7) is 1.61. The molecular weight excluding hydrogens is 263 g/mol. The minimum atomic E-state index is -0.607. The minimum absolute atomic E-state index is 0.231. The molecule has 6 heteroatoms. The SMILES string of the molecule is Cc1onc(-c2ccc(Cl)cc2Cl)c1C(N)=O. The van der Waals surface area contributed by atoms with Crippen LogP contribution in [0.2, 0.25) is 10.0 Å². The fourth-order valence-corrected chi connectivity index (χ4v) is 2.03. The standard InChI is InChI=1S/C11H8Cl2N2O2/c1-5-9(11(14)16)10(15-17-5)7-3-2-6(12)4-8(7)13/h2-4H,1H3,(H2,14,16). The van der Waals surface area contributed by atoms with Crippen LogP contribution in [0.3, 0.4) is 0 Å². The molecule has 1 heterocycles. The van der Waals surface area contributed by atoms with Gasteiger partial charge >= 0.3 is 0 Å². The molecule has 0 saturated heterocycles. The summed E-state index contributed by atoms with van der Waals surface area (Å²) in [4.78, 5) is 11.3. The molecule has 88 valence electrons. The Bertz CT molecular complexity index is 593. The van der Waals surface area contributed by atoms with Crippen molar-refractivity contribution < 1.29 is 9.32 Å². The summed E-state index contributed by atoms with van der Waals surface area (Å²) in [5, 5.41) is 4.68. The van der Waals surface area contributed by atoms with E-state index in [0.717, 1.165) is 0 Å². The smallest absolute Gasteiger partial charge is 0.254 e. The quantitative estimate of drug-likeness (QED) is 0.912. The molecule has 4 nitrogen and oxygen atoms in total. The van der Waals surface area contributed by atoms with Gasteiger partial charge in [0.2, 0.25) is 0 Å². The number of nitrogens with two attached hydrogens (primary N) is 1. The number of carbonyl (C=O) groups excluding carboxylic acids is 1. The van der Waals surface area contributed by atoms with Crippen LogP contribution in [0.25, 0.3) is 11.3 Å². The molecule has 0 spiro atoms. The van der Waals surface area contributed by atoms with Gasteiger partial charge in [-0.25, -0.2) is 0 Å². The van der Waals surface area contributed by atoms with Gasteiger partial charge in [0.15, 0.2) is 0 Å². The van der Waals surface area contributed by atoms with E-state index in [2.05, 4.69) is 5.16 Å². The van der Waals surface area contributed by atoms with E-state index in [1.165, 1.54) is 0 Å². The van der Waals surface area contributed by atoms with Crippen LogP contribution in [0, 0.1) is 6.92 Å². The molecule has 0 unspecified atom stereocenters. The van der Waals surface area contributed by atoms with Crippen LogP contribution in [0.1, 0.15) is 16.1 Å². The number of aryl methyl sites for hydroxylation is 1. The third-order valence-electron chi connectivity index (χ3n) is 2.30. The van der Waals surface area contributed by atoms with Crippen molar-refractivity contribution in [3.8, 4) is 11.3 Å². The second-order valence-corrected chi connectivity index (χ2v) is 4.29. The van der Waals surface area contributed by atoms with Crippen molar-refractivity contribution in [1.82, 2.24) is 5.16 Å². The lowest BCUT2D eigenvalue weighted by Gasteiger charge is -2.02. The molecule has 17 heavy (non-hydrogen) atoms. The van der Waals surface area contributed by atoms with E-state index in [1.54, 1.807) is 25.1 Å². The number of hydrogen-bond donors (Lipinski definition) is 1. The average Bonchev–Trinajstić information content (AvgIpc) is 2.60. The molecule has 0 aliphatic heterocycles. The molecule has 2 aromatic rings. The molecular formula is C11H8Cl2N2O2. The summed E-state index contributed by atoms with van der Waals surface area (Å²) in [7, 11) is 0. The first kappa shape index (κ1) is 12.0. The lowest BCUT2D eigenvalue weighted by atomic mass is 10.1. The molecule has 0 fully saturated rings. The molecule has 0 bridgehead atoms. The number of aromatic nitrogens is 1. The molecule has 2 N–H and O–H groups in total. The number of halogens is 2. The van der Waals surface area contributed by atoms with E-state index in [-0.39, 0.29) is 5.56 Å². The van der Waals surface area contributed by atoms with Gasteiger partial charge in [-0.15, -0.1) is 0 Å². The van der Waals surface area contributed by atoms with E-state index in [0.29, 0.717) is 27.1 Å². The van der Waals surface area contributed by atoms with Crippen LogP contribution in [0.5, 0.6) is 0 Å². The predicted octanol–water partition coefficient (Wildman–Crippen LogP) is 3.06. The molecule has 0 radical (unpaired) electrons. The van der Waals surface area contributed by atoms with Gasteiger partial charge in [-0.1, -0.05) is 28.4 Å². The molecule has 0 atom stereocenters. The van der Waals surface area contributed by atoms with Crippen molar-refractivity contribution in [3.05, 3.63) is 39.6 Å². The maximum Gasteiger partial charge on any atom is 0.254 e. The van der Waals surface area contributed by atoms with Crippen molar-refractivity contribution in [2.75, 3.05) is 0 Å². The van der Waals surface area contributed by atoms with Gasteiger partial charge in [-0.05, 0) is 25.1 Å². The predicted molar refractivity (Wildman–Crippen MR) is 65.2 cm³/mol. The Morgan fingerprint density at radius 2 is 2.12 bits per heavy atom. The number of carbonyl (C=O) groups is 1. The van der Waals surface area contributed by atoms with Crippen LogP contribution >= 0.6 is 23.2 Å². The Kier molecular flexibility index (Phi) is 3.09. The maximum absolute atomic E-state index is 11.3. The Morgan fingerprint density at radius 3 is 2.71 bits per heavy atom. The summed E-state index contributed by atoms with van der Waals surface area (Å²) in [6, 6.07) is 4.87. The number of nitrogens with zero attached hydrogens (tertiary/aromatic N) is 1. The zero-order valence-corrected chi connectivity index (χ0v) is 10.3. The largest absolute Gasteiger partial charge is 0.365 e. The van der Waals surface area contributed by atoms with Crippen LogP contribution in [0.15, 0.2) is 22.7 Å². The third kappa shape index (κ3) is 2.14. The summed E-state index contributed by atoms with van der Waals surface area (Å²) in [5.74, 6) is -0.247. The highest BCUT2D eigenvalue weighted by Crippen LogP contribution is 2.32. The first-order chi connectivity index (χ1) is 8.00. The Labute approximate surface area is 107 Å². The summed E-state index contributed by atoms with van der Waals surface area (Å²) >= 11 is 11.8. The number of amides is 1. The monoisotopic (exact) mass is 270 g/mol. The van der Waals surface area contributed by atoms with Gasteiger partial charge in [0.1, 0.15) is 17.0 Å². The maximum atomic E-state index is 11.3. The first-order valence-corrected chi connectivity index (χ1v) is 5.48. The highest BCUT2D eigenvalue weighted by Gasteiger charge is 2.20. The molecule has 0 aliphatic rings. The lowest BCUT2D eigenvalue weighted by molar-refractivity contribution is 0.0999. The van der Waals surface area contributed by atoms with Crippen molar-refractivity contribution in [2.24, 2.45) is 5.73 Å². The van der Waals surface area contributed by atoms with E-state index in [4.69, 9.17) is 33.5 Å². The fraction of sp³-hybridized carbons (Fsp3) is 0.0909. The normalized spacial score (nSPS) is 10.5.